The van der Waals surface area contributed by atoms with Crippen LogP contribution in [0, 0.1) is 0 Å². The molecule has 0 saturated carbocycles. The highest BCUT2D eigenvalue weighted by Crippen LogP contribution is 2.34. The molecule has 2 nitrogen and oxygen atoms in total. The minimum atomic E-state index is -2.42. The molecule has 3 rings (SSSR count). The molecule has 1 aliphatic heterocycles. The Morgan fingerprint density at radius 3 is 2.70 bits per heavy atom. The summed E-state index contributed by atoms with van der Waals surface area (Å²) in [4.78, 5) is 3.32. The third kappa shape index (κ3) is 4.69. The summed E-state index contributed by atoms with van der Waals surface area (Å²) in [6.45, 7) is 7.59. The SMILES string of the molecule is C=C(Cl)/C=C(\C=C/C)c1[nH]c2ccc(C3CCNCC3)cc2c1CC(F)F. The molecule has 0 spiro atoms. The molecule has 0 bridgehead atoms. The summed E-state index contributed by atoms with van der Waals surface area (Å²) >= 11 is 5.97. The van der Waals surface area contributed by atoms with Crippen molar-refractivity contribution in [3.63, 3.8) is 0 Å². The van der Waals surface area contributed by atoms with Gasteiger partial charge in [-0.15, -0.1) is 0 Å². The third-order valence-corrected chi connectivity index (χ3v) is 5.16. The average molecular weight is 391 g/mol. The molecule has 0 aliphatic carbocycles. The fourth-order valence-electron chi connectivity index (χ4n) is 3.84. The lowest BCUT2D eigenvalue weighted by Gasteiger charge is -2.23. The predicted molar refractivity (Wildman–Crippen MR) is 111 cm³/mol. The lowest BCUT2D eigenvalue weighted by Crippen LogP contribution is -2.26. The van der Waals surface area contributed by atoms with E-state index in [0.29, 0.717) is 22.2 Å². The van der Waals surface area contributed by atoms with E-state index in [1.165, 1.54) is 5.56 Å². The molecule has 1 aromatic heterocycles. The van der Waals surface area contributed by atoms with Crippen molar-refractivity contribution in [1.82, 2.24) is 10.3 Å². The number of alkyl halides is 2. The second-order valence-corrected chi connectivity index (χ2v) is 7.44. The van der Waals surface area contributed by atoms with Crippen LogP contribution in [0.1, 0.15) is 42.5 Å². The van der Waals surface area contributed by atoms with Gasteiger partial charge in [-0.3, -0.25) is 0 Å². The van der Waals surface area contributed by atoms with Crippen LogP contribution in [-0.2, 0) is 6.42 Å². The van der Waals surface area contributed by atoms with Gasteiger partial charge in [-0.2, -0.15) is 0 Å². The Labute approximate surface area is 164 Å². The van der Waals surface area contributed by atoms with E-state index in [-0.39, 0.29) is 6.42 Å². The van der Waals surface area contributed by atoms with E-state index in [2.05, 4.69) is 29.0 Å². The number of aromatic amines is 1. The van der Waals surface area contributed by atoms with Gasteiger partial charge < -0.3 is 10.3 Å². The number of hydrogen-bond acceptors (Lipinski definition) is 1. The van der Waals surface area contributed by atoms with E-state index in [0.717, 1.165) is 42.4 Å². The van der Waals surface area contributed by atoms with Crippen LogP contribution in [0.4, 0.5) is 8.78 Å². The number of rotatable bonds is 6. The summed E-state index contributed by atoms with van der Waals surface area (Å²) in [5, 5.41) is 4.60. The Balaban J connectivity index is 2.14. The number of hydrogen-bond donors (Lipinski definition) is 2. The summed E-state index contributed by atoms with van der Waals surface area (Å²) in [6.07, 6.45) is 4.86. The topological polar surface area (TPSA) is 27.8 Å². The average Bonchev–Trinajstić information content (AvgIpc) is 2.99. The van der Waals surface area contributed by atoms with E-state index < -0.39 is 6.43 Å². The smallest absolute Gasteiger partial charge is 0.242 e. The molecule has 1 saturated heterocycles. The van der Waals surface area contributed by atoms with Crippen LogP contribution in [0.5, 0.6) is 0 Å². The highest BCUT2D eigenvalue weighted by atomic mass is 35.5. The van der Waals surface area contributed by atoms with E-state index in [9.17, 15) is 8.78 Å². The normalized spacial score (nSPS) is 16.7. The van der Waals surface area contributed by atoms with Crippen LogP contribution in [0.15, 0.2) is 48.0 Å². The fraction of sp³-hybridized carbons (Fsp3) is 0.364. The number of halogens is 3. The van der Waals surface area contributed by atoms with Crippen molar-refractivity contribution in [2.45, 2.75) is 38.5 Å². The van der Waals surface area contributed by atoms with Crippen molar-refractivity contribution in [1.29, 1.82) is 0 Å². The van der Waals surface area contributed by atoms with E-state index in [1.54, 1.807) is 6.08 Å². The number of aromatic nitrogens is 1. The minimum Gasteiger partial charge on any atom is -0.354 e. The lowest BCUT2D eigenvalue weighted by atomic mass is 9.89. The number of H-pyrrole nitrogens is 1. The lowest BCUT2D eigenvalue weighted by molar-refractivity contribution is 0.149. The maximum absolute atomic E-state index is 13.4. The van der Waals surface area contributed by atoms with Gasteiger partial charge in [0.1, 0.15) is 0 Å². The summed E-state index contributed by atoms with van der Waals surface area (Å²) in [6, 6.07) is 6.21. The van der Waals surface area contributed by atoms with Crippen molar-refractivity contribution in [3.05, 3.63) is 64.9 Å². The summed E-state index contributed by atoms with van der Waals surface area (Å²) in [5.41, 5.74) is 4.18. The molecule has 1 aromatic carbocycles. The zero-order valence-corrected chi connectivity index (χ0v) is 16.3. The first-order chi connectivity index (χ1) is 13.0. The number of benzene rings is 1. The zero-order chi connectivity index (χ0) is 19.4. The van der Waals surface area contributed by atoms with Gasteiger partial charge in [-0.1, -0.05) is 36.4 Å². The van der Waals surface area contributed by atoms with Gasteiger partial charge in [0.2, 0.25) is 6.43 Å². The van der Waals surface area contributed by atoms with Gasteiger partial charge in [0.05, 0.1) is 0 Å². The first-order valence-electron chi connectivity index (χ1n) is 9.32. The molecule has 2 aromatic rings. The molecule has 1 aliphatic rings. The summed E-state index contributed by atoms with van der Waals surface area (Å²) in [7, 11) is 0. The van der Waals surface area contributed by atoms with Gasteiger partial charge in [0, 0.05) is 28.0 Å². The molecule has 27 heavy (non-hydrogen) atoms. The van der Waals surface area contributed by atoms with Gasteiger partial charge in [0.25, 0.3) is 0 Å². The Morgan fingerprint density at radius 1 is 1.33 bits per heavy atom. The van der Waals surface area contributed by atoms with Gasteiger partial charge in [0.15, 0.2) is 0 Å². The molecule has 2 N–H and O–H groups in total. The fourth-order valence-corrected chi connectivity index (χ4v) is 3.96. The second-order valence-electron chi connectivity index (χ2n) is 6.95. The third-order valence-electron chi connectivity index (χ3n) is 5.05. The van der Waals surface area contributed by atoms with E-state index in [1.807, 2.05) is 25.1 Å². The maximum Gasteiger partial charge on any atom is 0.242 e. The number of piperidine rings is 1. The molecule has 144 valence electrons. The first kappa shape index (κ1) is 19.8. The van der Waals surface area contributed by atoms with Crippen LogP contribution < -0.4 is 5.32 Å². The highest BCUT2D eigenvalue weighted by Gasteiger charge is 2.20. The van der Waals surface area contributed by atoms with Crippen molar-refractivity contribution in [2.24, 2.45) is 0 Å². The molecular formula is C22H25ClF2N2. The molecule has 2 heterocycles. The highest BCUT2D eigenvalue weighted by molar-refractivity contribution is 6.31. The molecule has 0 atom stereocenters. The maximum atomic E-state index is 13.4. The van der Waals surface area contributed by atoms with Crippen molar-refractivity contribution in [2.75, 3.05) is 13.1 Å². The van der Waals surface area contributed by atoms with E-state index in [4.69, 9.17) is 11.6 Å². The summed E-state index contributed by atoms with van der Waals surface area (Å²) < 4.78 is 26.7. The number of nitrogens with one attached hydrogen (secondary N) is 2. The molecule has 0 unspecified atom stereocenters. The Hall–Kier alpha value is -1.91. The van der Waals surface area contributed by atoms with Gasteiger partial charge in [-0.25, -0.2) is 8.78 Å². The Morgan fingerprint density at radius 2 is 2.07 bits per heavy atom. The van der Waals surface area contributed by atoms with Crippen molar-refractivity contribution >= 4 is 28.1 Å². The standard InChI is InChI=1S/C22H25ClF2N2/c1-3-4-17(11-14(2)23)22-19(13-21(24)25)18-12-16(5-6-20(18)27-22)15-7-9-26-10-8-15/h3-6,11-12,15,21,26-27H,2,7-10,13H2,1H3/b4-3-,17-11+. The largest absolute Gasteiger partial charge is 0.354 e. The molecular weight excluding hydrogens is 366 g/mol. The van der Waals surface area contributed by atoms with Crippen LogP contribution in [0.2, 0.25) is 0 Å². The quantitative estimate of drug-likeness (QED) is 0.568. The predicted octanol–water partition coefficient (Wildman–Crippen LogP) is 6.15. The van der Waals surface area contributed by atoms with Crippen LogP contribution in [0.3, 0.4) is 0 Å². The first-order valence-corrected chi connectivity index (χ1v) is 9.70. The van der Waals surface area contributed by atoms with Crippen LogP contribution in [0.25, 0.3) is 16.5 Å². The number of allylic oxidation sites excluding steroid dienone is 5. The van der Waals surface area contributed by atoms with Crippen LogP contribution >= 0.6 is 11.6 Å². The summed E-state index contributed by atoms with van der Waals surface area (Å²) in [5.74, 6) is 0.474. The van der Waals surface area contributed by atoms with Gasteiger partial charge >= 0.3 is 0 Å². The minimum absolute atomic E-state index is 0.297. The molecule has 5 heteroatoms. The number of fused-ring (bicyclic) bond motifs is 1. The Kier molecular flexibility index (Phi) is 6.51. The zero-order valence-electron chi connectivity index (χ0n) is 15.5. The second kappa shape index (κ2) is 8.85. The van der Waals surface area contributed by atoms with E-state index >= 15 is 0 Å². The van der Waals surface area contributed by atoms with Crippen molar-refractivity contribution < 1.29 is 8.78 Å². The Bertz CT molecular complexity index is 874. The molecule has 0 radical (unpaired) electrons. The molecule has 1 fully saturated rings. The van der Waals surface area contributed by atoms with Crippen molar-refractivity contribution in [3.8, 4) is 0 Å². The van der Waals surface area contributed by atoms with Crippen LogP contribution in [-0.4, -0.2) is 24.5 Å². The monoisotopic (exact) mass is 390 g/mol. The molecule has 0 amide bonds. The van der Waals surface area contributed by atoms with Gasteiger partial charge in [-0.05, 0) is 73.7 Å².